The molecule has 7 heteroatoms. The zero-order valence-corrected chi connectivity index (χ0v) is 13.7. The van der Waals surface area contributed by atoms with Crippen molar-refractivity contribution in [1.82, 2.24) is 0 Å². The fourth-order valence-electron chi connectivity index (χ4n) is 2.45. The molecule has 0 amide bonds. The van der Waals surface area contributed by atoms with E-state index in [4.69, 9.17) is 9.47 Å². The summed E-state index contributed by atoms with van der Waals surface area (Å²) in [5.74, 6) is -0.391. The lowest BCUT2D eigenvalue weighted by atomic mass is 9.90. The Labute approximate surface area is 125 Å². The highest BCUT2D eigenvalue weighted by Crippen LogP contribution is 2.49. The van der Waals surface area contributed by atoms with Crippen LogP contribution in [0.4, 0.5) is 0 Å². The van der Waals surface area contributed by atoms with Gasteiger partial charge in [-0.1, -0.05) is 20.8 Å². The zero-order valence-electron chi connectivity index (χ0n) is 12.9. The van der Waals surface area contributed by atoms with Gasteiger partial charge in [0, 0.05) is 11.1 Å². The molecular formula is C14H22O6S. The van der Waals surface area contributed by atoms with Gasteiger partial charge >= 0.3 is 10.1 Å². The normalized spacial score (nSPS) is 13.0. The first kappa shape index (κ1) is 17.6. The second-order valence-corrected chi connectivity index (χ2v) is 6.13. The number of rotatable bonds is 6. The minimum atomic E-state index is -4.65. The molecule has 1 atom stereocenters. The van der Waals surface area contributed by atoms with Crippen LogP contribution in [0.1, 0.15) is 44.2 Å². The van der Waals surface area contributed by atoms with Crippen molar-refractivity contribution >= 4 is 10.1 Å². The van der Waals surface area contributed by atoms with Gasteiger partial charge in [0.2, 0.25) is 0 Å². The van der Waals surface area contributed by atoms with Crippen molar-refractivity contribution in [2.24, 2.45) is 0 Å². The van der Waals surface area contributed by atoms with Gasteiger partial charge in [0.05, 0.1) is 14.2 Å². The van der Waals surface area contributed by atoms with Crippen LogP contribution >= 0.6 is 0 Å². The molecule has 1 aromatic rings. The van der Waals surface area contributed by atoms with Gasteiger partial charge in [0.25, 0.3) is 0 Å². The SMILES string of the molecule is CCc1c(O)c(S(=O)(=O)O)c(OC)c(OC)c1C(C)CC. The average Bonchev–Trinajstić information content (AvgIpc) is 2.43. The molecule has 0 aliphatic heterocycles. The molecule has 0 heterocycles. The molecule has 0 aliphatic rings. The fourth-order valence-corrected chi connectivity index (χ4v) is 3.22. The molecule has 0 saturated carbocycles. The van der Waals surface area contributed by atoms with Crippen molar-refractivity contribution in [2.75, 3.05) is 14.2 Å². The van der Waals surface area contributed by atoms with Crippen LogP contribution in [0, 0.1) is 0 Å². The van der Waals surface area contributed by atoms with Crippen LogP contribution in [0.2, 0.25) is 0 Å². The van der Waals surface area contributed by atoms with Gasteiger partial charge in [-0.15, -0.1) is 0 Å². The van der Waals surface area contributed by atoms with Gasteiger partial charge in [-0.05, 0) is 18.8 Å². The Morgan fingerprint density at radius 3 is 2.00 bits per heavy atom. The van der Waals surface area contributed by atoms with Crippen LogP contribution in [-0.4, -0.2) is 32.3 Å². The lowest BCUT2D eigenvalue weighted by Crippen LogP contribution is -2.10. The Kier molecular flexibility index (Phi) is 5.47. The van der Waals surface area contributed by atoms with Crippen molar-refractivity contribution in [3.8, 4) is 17.2 Å². The van der Waals surface area contributed by atoms with Crippen molar-refractivity contribution in [3.05, 3.63) is 11.1 Å². The minimum Gasteiger partial charge on any atom is -0.506 e. The van der Waals surface area contributed by atoms with E-state index in [1.807, 2.05) is 13.8 Å². The van der Waals surface area contributed by atoms with Crippen LogP contribution in [0.5, 0.6) is 17.2 Å². The summed E-state index contributed by atoms with van der Waals surface area (Å²) in [6.07, 6.45) is 1.17. The molecule has 0 spiro atoms. The summed E-state index contributed by atoms with van der Waals surface area (Å²) in [6, 6.07) is 0. The topological polar surface area (TPSA) is 93.1 Å². The molecule has 1 rings (SSSR count). The predicted octanol–water partition coefficient (Wildman–Crippen LogP) is 2.73. The number of phenols is 1. The standard InChI is InChI=1S/C14H22O6S/c1-6-8(3)10-9(7-2)11(15)14(21(16,17)18)13(20-5)12(10)19-4/h8,15H,6-7H2,1-5H3,(H,16,17,18). The zero-order chi connectivity index (χ0) is 16.4. The monoisotopic (exact) mass is 318 g/mol. The highest BCUT2D eigenvalue weighted by Gasteiger charge is 2.32. The van der Waals surface area contributed by atoms with Gasteiger partial charge in [-0.25, -0.2) is 0 Å². The first-order valence-electron chi connectivity index (χ1n) is 6.71. The van der Waals surface area contributed by atoms with Crippen molar-refractivity contribution in [3.63, 3.8) is 0 Å². The highest BCUT2D eigenvalue weighted by atomic mass is 32.2. The maximum Gasteiger partial charge on any atom is 0.302 e. The highest BCUT2D eigenvalue weighted by molar-refractivity contribution is 7.86. The van der Waals surface area contributed by atoms with Gasteiger partial charge in [0.1, 0.15) is 5.75 Å². The summed E-state index contributed by atoms with van der Waals surface area (Å²) in [6.45, 7) is 5.72. The third kappa shape index (κ3) is 3.08. The Balaban J connectivity index is 3.98. The number of methoxy groups -OCH3 is 2. The second kappa shape index (κ2) is 6.53. The molecule has 0 aliphatic carbocycles. The van der Waals surface area contributed by atoms with E-state index in [2.05, 4.69) is 0 Å². The molecule has 0 fully saturated rings. The Hall–Kier alpha value is -1.47. The molecule has 1 aromatic carbocycles. The quantitative estimate of drug-likeness (QED) is 0.783. The lowest BCUT2D eigenvalue weighted by Gasteiger charge is -2.23. The second-order valence-electron chi connectivity index (χ2n) is 4.77. The Morgan fingerprint density at radius 2 is 1.67 bits per heavy atom. The minimum absolute atomic E-state index is 0.0325. The summed E-state index contributed by atoms with van der Waals surface area (Å²) >= 11 is 0. The smallest absolute Gasteiger partial charge is 0.302 e. The summed E-state index contributed by atoms with van der Waals surface area (Å²) in [4.78, 5) is -0.647. The predicted molar refractivity (Wildman–Crippen MR) is 79.1 cm³/mol. The summed E-state index contributed by atoms with van der Waals surface area (Å²) < 4.78 is 42.9. The fraction of sp³-hybridized carbons (Fsp3) is 0.571. The van der Waals surface area contributed by atoms with E-state index in [0.29, 0.717) is 17.5 Å². The first-order chi connectivity index (χ1) is 9.74. The number of hydrogen-bond acceptors (Lipinski definition) is 5. The molecule has 0 bridgehead atoms. The number of hydrogen-bond donors (Lipinski definition) is 2. The van der Waals surface area contributed by atoms with E-state index in [0.717, 1.165) is 6.42 Å². The molecule has 0 saturated heterocycles. The van der Waals surface area contributed by atoms with Gasteiger partial charge in [-0.3, -0.25) is 4.55 Å². The molecule has 0 aromatic heterocycles. The number of benzene rings is 1. The lowest BCUT2D eigenvalue weighted by molar-refractivity contribution is 0.330. The van der Waals surface area contributed by atoms with E-state index in [-0.39, 0.29) is 17.4 Å². The molecule has 6 nitrogen and oxygen atoms in total. The Bertz CT molecular complexity index is 621. The Morgan fingerprint density at radius 1 is 1.14 bits per heavy atom. The number of phenolic OH excluding ortho intramolecular Hbond substituents is 1. The third-order valence-electron chi connectivity index (χ3n) is 3.61. The largest absolute Gasteiger partial charge is 0.506 e. The van der Waals surface area contributed by atoms with Crippen molar-refractivity contribution < 1.29 is 27.6 Å². The molecule has 1 unspecified atom stereocenters. The van der Waals surface area contributed by atoms with E-state index in [1.54, 1.807) is 6.92 Å². The first-order valence-corrected chi connectivity index (χ1v) is 8.15. The van der Waals surface area contributed by atoms with Crippen molar-refractivity contribution in [2.45, 2.75) is 44.4 Å². The van der Waals surface area contributed by atoms with E-state index < -0.39 is 20.8 Å². The van der Waals surface area contributed by atoms with Gasteiger partial charge < -0.3 is 14.6 Å². The maximum atomic E-state index is 11.6. The number of aromatic hydroxyl groups is 1. The van der Waals surface area contributed by atoms with Gasteiger partial charge in [-0.2, -0.15) is 8.42 Å². The molecule has 21 heavy (non-hydrogen) atoms. The summed E-state index contributed by atoms with van der Waals surface area (Å²) in [5.41, 5.74) is 1.14. The van der Waals surface area contributed by atoms with Crippen LogP contribution in [-0.2, 0) is 16.5 Å². The molecule has 2 N–H and O–H groups in total. The molecule has 0 radical (unpaired) electrons. The third-order valence-corrected chi connectivity index (χ3v) is 4.50. The van der Waals surface area contributed by atoms with E-state index in [1.165, 1.54) is 14.2 Å². The summed E-state index contributed by atoms with van der Waals surface area (Å²) in [7, 11) is -1.99. The summed E-state index contributed by atoms with van der Waals surface area (Å²) in [5, 5.41) is 10.3. The average molecular weight is 318 g/mol. The van der Waals surface area contributed by atoms with Gasteiger partial charge in [0.15, 0.2) is 16.4 Å². The van der Waals surface area contributed by atoms with E-state index >= 15 is 0 Å². The van der Waals surface area contributed by atoms with Crippen LogP contribution in [0.3, 0.4) is 0 Å². The van der Waals surface area contributed by atoms with Crippen LogP contribution in [0.25, 0.3) is 0 Å². The van der Waals surface area contributed by atoms with Crippen LogP contribution < -0.4 is 9.47 Å². The number of ether oxygens (including phenoxy) is 2. The molecule has 120 valence electrons. The van der Waals surface area contributed by atoms with Crippen LogP contribution in [0.15, 0.2) is 4.90 Å². The van der Waals surface area contributed by atoms with E-state index in [9.17, 15) is 18.1 Å². The van der Waals surface area contributed by atoms with Crippen molar-refractivity contribution in [1.29, 1.82) is 0 Å². The maximum absolute atomic E-state index is 11.6. The molecular weight excluding hydrogens is 296 g/mol.